The summed E-state index contributed by atoms with van der Waals surface area (Å²) in [6.45, 7) is 7.00. The van der Waals surface area contributed by atoms with Gasteiger partial charge in [-0.15, -0.1) is 0 Å². The van der Waals surface area contributed by atoms with Gasteiger partial charge in [-0.3, -0.25) is 0 Å². The minimum atomic E-state index is 0.182. The molecule has 0 amide bonds. The van der Waals surface area contributed by atoms with Crippen LogP contribution in [0.5, 0.6) is 0 Å². The first-order chi connectivity index (χ1) is 8.97. The predicted molar refractivity (Wildman–Crippen MR) is 83.3 cm³/mol. The molecule has 2 heteroatoms. The van der Waals surface area contributed by atoms with Gasteiger partial charge in [0.1, 0.15) is 0 Å². The summed E-state index contributed by atoms with van der Waals surface area (Å²) in [6.07, 6.45) is 5.71. The maximum atomic E-state index is 5.77. The van der Waals surface area contributed by atoms with E-state index in [1.54, 1.807) is 0 Å². The van der Waals surface area contributed by atoms with Crippen molar-refractivity contribution in [3.63, 3.8) is 0 Å². The molecule has 1 fully saturated rings. The number of anilines is 1. The predicted octanol–water partition coefficient (Wildman–Crippen LogP) is 3.67. The summed E-state index contributed by atoms with van der Waals surface area (Å²) in [4.78, 5) is 2.51. The molecular weight excluding hydrogens is 232 g/mol. The molecule has 1 aliphatic rings. The Bertz CT molecular complexity index is 388. The SMILES string of the molecule is CN(CC1CCCC1)CC(C)(C)c1ccc(N)cc1. The molecule has 2 N–H and O–H groups in total. The maximum absolute atomic E-state index is 5.77. The van der Waals surface area contributed by atoms with Crippen molar-refractivity contribution in [3.05, 3.63) is 29.8 Å². The molecular formula is C17H28N2. The van der Waals surface area contributed by atoms with Gasteiger partial charge in [-0.2, -0.15) is 0 Å². The Hall–Kier alpha value is -1.02. The average Bonchev–Trinajstić information content (AvgIpc) is 2.81. The zero-order chi connectivity index (χ0) is 13.9. The van der Waals surface area contributed by atoms with Crippen molar-refractivity contribution in [2.45, 2.75) is 44.9 Å². The van der Waals surface area contributed by atoms with Crippen molar-refractivity contribution in [1.29, 1.82) is 0 Å². The van der Waals surface area contributed by atoms with E-state index in [1.165, 1.54) is 37.8 Å². The fourth-order valence-electron chi connectivity index (χ4n) is 3.40. The van der Waals surface area contributed by atoms with Gasteiger partial charge in [0.05, 0.1) is 0 Å². The van der Waals surface area contributed by atoms with Crippen molar-refractivity contribution >= 4 is 5.69 Å². The number of likely N-dealkylation sites (N-methyl/N-ethyl adjacent to an activating group) is 1. The van der Waals surface area contributed by atoms with Gasteiger partial charge in [-0.25, -0.2) is 0 Å². The number of nitrogens with zero attached hydrogens (tertiary/aromatic N) is 1. The van der Waals surface area contributed by atoms with E-state index >= 15 is 0 Å². The highest BCUT2D eigenvalue weighted by Crippen LogP contribution is 2.28. The minimum Gasteiger partial charge on any atom is -0.399 e. The average molecular weight is 260 g/mol. The number of hydrogen-bond donors (Lipinski definition) is 1. The largest absolute Gasteiger partial charge is 0.399 e. The molecule has 0 bridgehead atoms. The van der Waals surface area contributed by atoms with Crippen LogP contribution in [0.15, 0.2) is 24.3 Å². The van der Waals surface area contributed by atoms with E-state index in [1.807, 2.05) is 12.1 Å². The van der Waals surface area contributed by atoms with E-state index in [-0.39, 0.29) is 5.41 Å². The molecule has 2 rings (SSSR count). The zero-order valence-electron chi connectivity index (χ0n) is 12.7. The van der Waals surface area contributed by atoms with Gasteiger partial charge < -0.3 is 10.6 Å². The first kappa shape index (κ1) is 14.4. The Labute approximate surface area is 118 Å². The lowest BCUT2D eigenvalue weighted by Gasteiger charge is -2.32. The lowest BCUT2D eigenvalue weighted by atomic mass is 9.84. The Morgan fingerprint density at radius 3 is 2.32 bits per heavy atom. The topological polar surface area (TPSA) is 29.3 Å². The molecule has 1 saturated carbocycles. The molecule has 1 aliphatic carbocycles. The third-order valence-corrected chi connectivity index (χ3v) is 4.40. The van der Waals surface area contributed by atoms with Crippen LogP contribution in [0, 0.1) is 5.92 Å². The maximum Gasteiger partial charge on any atom is 0.0314 e. The number of benzene rings is 1. The summed E-state index contributed by atoms with van der Waals surface area (Å²) < 4.78 is 0. The summed E-state index contributed by atoms with van der Waals surface area (Å²) in [5.74, 6) is 0.923. The number of rotatable bonds is 5. The van der Waals surface area contributed by atoms with E-state index in [2.05, 4.69) is 37.9 Å². The van der Waals surface area contributed by atoms with Crippen molar-refractivity contribution in [2.24, 2.45) is 5.92 Å². The quantitative estimate of drug-likeness (QED) is 0.819. The highest BCUT2D eigenvalue weighted by molar-refractivity contribution is 5.41. The Morgan fingerprint density at radius 2 is 1.74 bits per heavy atom. The second-order valence-electron chi connectivity index (χ2n) is 6.85. The van der Waals surface area contributed by atoms with Gasteiger partial charge in [0.25, 0.3) is 0 Å². The van der Waals surface area contributed by atoms with Crippen molar-refractivity contribution < 1.29 is 0 Å². The molecule has 1 aromatic rings. The lowest BCUT2D eigenvalue weighted by molar-refractivity contribution is 0.232. The summed E-state index contributed by atoms with van der Waals surface area (Å²) in [5, 5.41) is 0. The van der Waals surface area contributed by atoms with E-state index in [0.717, 1.165) is 18.2 Å². The third-order valence-electron chi connectivity index (χ3n) is 4.40. The molecule has 1 aromatic carbocycles. The lowest BCUT2D eigenvalue weighted by Crippen LogP contribution is -2.36. The van der Waals surface area contributed by atoms with Crippen LogP contribution in [0.4, 0.5) is 5.69 Å². The summed E-state index contributed by atoms with van der Waals surface area (Å²) in [6, 6.07) is 8.35. The Kier molecular flexibility index (Phi) is 4.51. The van der Waals surface area contributed by atoms with Crippen LogP contribution < -0.4 is 5.73 Å². The molecule has 0 atom stereocenters. The van der Waals surface area contributed by atoms with Crippen molar-refractivity contribution in [1.82, 2.24) is 4.90 Å². The molecule has 0 aliphatic heterocycles. The molecule has 2 nitrogen and oxygen atoms in total. The summed E-state index contributed by atoms with van der Waals surface area (Å²) in [7, 11) is 2.26. The number of nitrogen functional groups attached to an aromatic ring is 1. The van der Waals surface area contributed by atoms with Gasteiger partial charge >= 0.3 is 0 Å². The molecule has 0 unspecified atom stereocenters. The monoisotopic (exact) mass is 260 g/mol. The van der Waals surface area contributed by atoms with Crippen LogP contribution in [-0.2, 0) is 5.41 Å². The Morgan fingerprint density at radius 1 is 1.16 bits per heavy atom. The molecule has 19 heavy (non-hydrogen) atoms. The van der Waals surface area contributed by atoms with Crippen LogP contribution in [0.1, 0.15) is 45.1 Å². The second-order valence-corrected chi connectivity index (χ2v) is 6.85. The molecule has 0 heterocycles. The first-order valence-electron chi connectivity index (χ1n) is 7.52. The number of hydrogen-bond acceptors (Lipinski definition) is 2. The highest BCUT2D eigenvalue weighted by Gasteiger charge is 2.24. The van der Waals surface area contributed by atoms with Crippen molar-refractivity contribution in [3.8, 4) is 0 Å². The normalized spacial score (nSPS) is 17.3. The smallest absolute Gasteiger partial charge is 0.0314 e. The van der Waals surface area contributed by atoms with Gasteiger partial charge in [0.15, 0.2) is 0 Å². The minimum absolute atomic E-state index is 0.182. The Balaban J connectivity index is 1.93. The molecule has 0 saturated heterocycles. The summed E-state index contributed by atoms with van der Waals surface area (Å²) >= 11 is 0. The van der Waals surface area contributed by atoms with E-state index in [0.29, 0.717) is 0 Å². The highest BCUT2D eigenvalue weighted by atomic mass is 15.1. The zero-order valence-corrected chi connectivity index (χ0v) is 12.7. The first-order valence-corrected chi connectivity index (χ1v) is 7.52. The van der Waals surface area contributed by atoms with Gasteiger partial charge in [0.2, 0.25) is 0 Å². The molecule has 0 spiro atoms. The van der Waals surface area contributed by atoms with Crippen molar-refractivity contribution in [2.75, 3.05) is 25.9 Å². The molecule has 0 radical (unpaired) electrons. The molecule has 0 aromatic heterocycles. The fraction of sp³-hybridized carbons (Fsp3) is 0.647. The summed E-state index contributed by atoms with van der Waals surface area (Å²) in [5.41, 5.74) is 8.17. The van der Waals surface area contributed by atoms with Crippen LogP contribution in [0.3, 0.4) is 0 Å². The van der Waals surface area contributed by atoms with E-state index in [9.17, 15) is 0 Å². The van der Waals surface area contributed by atoms with Gasteiger partial charge in [-0.05, 0) is 43.5 Å². The van der Waals surface area contributed by atoms with E-state index < -0.39 is 0 Å². The third kappa shape index (κ3) is 3.97. The van der Waals surface area contributed by atoms with E-state index in [4.69, 9.17) is 5.73 Å². The fourth-order valence-corrected chi connectivity index (χ4v) is 3.40. The molecule has 106 valence electrons. The van der Waals surface area contributed by atoms with Crippen LogP contribution in [0.2, 0.25) is 0 Å². The van der Waals surface area contributed by atoms with Crippen LogP contribution in [0.25, 0.3) is 0 Å². The van der Waals surface area contributed by atoms with Crippen LogP contribution in [-0.4, -0.2) is 25.0 Å². The number of nitrogens with two attached hydrogens (primary N) is 1. The van der Waals surface area contributed by atoms with Gasteiger partial charge in [0, 0.05) is 24.2 Å². The van der Waals surface area contributed by atoms with Gasteiger partial charge in [-0.1, -0.05) is 38.8 Å². The standard InChI is InChI=1S/C17H28N2/c1-17(2,15-8-10-16(18)11-9-15)13-19(3)12-14-6-4-5-7-14/h8-11,14H,4-7,12-13,18H2,1-3H3. The van der Waals surface area contributed by atoms with Crippen LogP contribution >= 0.6 is 0 Å². The second kappa shape index (κ2) is 5.96.